The predicted molar refractivity (Wildman–Crippen MR) is 127 cm³/mol. The highest BCUT2D eigenvalue weighted by molar-refractivity contribution is 7.15. The Bertz CT molecular complexity index is 1300. The number of amides is 1. The fourth-order valence-electron chi connectivity index (χ4n) is 3.37. The Labute approximate surface area is 193 Å². The molecule has 0 fully saturated rings. The number of aromatic nitrogens is 2. The molecule has 2 aromatic heterocycles. The lowest BCUT2D eigenvalue weighted by Crippen LogP contribution is -2.23. The van der Waals surface area contributed by atoms with Gasteiger partial charge in [0, 0.05) is 21.8 Å². The molecular weight excluding hydrogens is 453 g/mol. The number of Topliss-reactive ketones (excluding diaryl/α,β-unsaturated/α-hetero) is 1. The average molecular weight is 472 g/mol. The van der Waals surface area contributed by atoms with Crippen LogP contribution in [0.3, 0.4) is 0 Å². The fraction of sp³-hybridized carbons (Fsp3) is 0.174. The number of anilines is 1. The van der Waals surface area contributed by atoms with Crippen LogP contribution in [0.1, 0.15) is 32.1 Å². The highest BCUT2D eigenvalue weighted by Gasteiger charge is 2.27. The summed E-state index contributed by atoms with van der Waals surface area (Å²) in [5.41, 5.74) is 3.73. The average Bonchev–Trinajstić information content (AvgIpc) is 3.18. The van der Waals surface area contributed by atoms with Crippen LogP contribution in [-0.4, -0.2) is 21.2 Å². The van der Waals surface area contributed by atoms with E-state index >= 15 is 0 Å². The van der Waals surface area contributed by atoms with Crippen LogP contribution in [0.5, 0.6) is 0 Å². The Kier molecular flexibility index (Phi) is 5.88. The maximum Gasteiger partial charge on any atom is 0.298 e. The van der Waals surface area contributed by atoms with Gasteiger partial charge in [-0.15, -0.1) is 11.3 Å². The van der Waals surface area contributed by atoms with E-state index in [9.17, 15) is 9.59 Å². The second-order valence-electron chi connectivity index (χ2n) is 7.34. The van der Waals surface area contributed by atoms with Gasteiger partial charge < -0.3 is 4.57 Å². The van der Waals surface area contributed by atoms with Crippen molar-refractivity contribution in [1.82, 2.24) is 9.55 Å². The predicted octanol–water partition coefficient (Wildman–Crippen LogP) is 6.20. The molecule has 0 radical (unpaired) electrons. The summed E-state index contributed by atoms with van der Waals surface area (Å²) < 4.78 is 1.83. The van der Waals surface area contributed by atoms with Crippen LogP contribution in [0, 0.1) is 20.8 Å². The molecule has 1 amide bonds. The Hall–Kier alpha value is -2.67. The number of benzene rings is 2. The number of aryl methyl sites for hydroxylation is 3. The number of nitrogens with one attached hydrogen (secondary N) is 1. The number of hydrogen-bond donors (Lipinski definition) is 1. The summed E-state index contributed by atoms with van der Waals surface area (Å²) in [6.45, 7) is 6.14. The van der Waals surface area contributed by atoms with Crippen molar-refractivity contribution in [2.24, 2.45) is 0 Å². The van der Waals surface area contributed by atoms with Gasteiger partial charge in [-0.1, -0.05) is 47.0 Å². The third-order valence-electron chi connectivity index (χ3n) is 5.09. The number of nitrogens with zero attached hydrogens (tertiary/aromatic N) is 2. The zero-order valence-corrected chi connectivity index (χ0v) is 19.5. The van der Waals surface area contributed by atoms with Crippen LogP contribution in [0.2, 0.25) is 10.2 Å². The molecule has 2 aromatic carbocycles. The summed E-state index contributed by atoms with van der Waals surface area (Å²) >= 11 is 14.0. The quantitative estimate of drug-likeness (QED) is 0.278. The van der Waals surface area contributed by atoms with E-state index in [1.165, 1.54) is 11.3 Å². The Morgan fingerprint density at radius 2 is 1.77 bits per heavy atom. The first-order chi connectivity index (χ1) is 14.7. The van der Waals surface area contributed by atoms with Crippen molar-refractivity contribution in [3.05, 3.63) is 79.9 Å². The summed E-state index contributed by atoms with van der Waals surface area (Å²) in [5, 5.41) is 4.51. The lowest BCUT2D eigenvalue weighted by Gasteiger charge is -2.08. The van der Waals surface area contributed by atoms with Gasteiger partial charge in [-0.2, -0.15) is 0 Å². The van der Waals surface area contributed by atoms with Gasteiger partial charge in [0.1, 0.15) is 5.15 Å². The van der Waals surface area contributed by atoms with E-state index in [4.69, 9.17) is 23.2 Å². The fourth-order valence-corrected chi connectivity index (χ4v) is 4.65. The van der Waals surface area contributed by atoms with E-state index < -0.39 is 11.7 Å². The lowest BCUT2D eigenvalue weighted by molar-refractivity contribution is -0.112. The third-order valence-corrected chi connectivity index (χ3v) is 6.72. The summed E-state index contributed by atoms with van der Waals surface area (Å²) in [4.78, 5) is 31.2. The van der Waals surface area contributed by atoms with Crippen molar-refractivity contribution >= 4 is 62.3 Å². The molecule has 0 unspecified atom stereocenters. The van der Waals surface area contributed by atoms with Gasteiger partial charge in [0.25, 0.3) is 11.7 Å². The molecule has 4 aromatic rings. The van der Waals surface area contributed by atoms with Crippen LogP contribution in [0.4, 0.5) is 5.13 Å². The number of hydrogen-bond acceptors (Lipinski definition) is 4. The van der Waals surface area contributed by atoms with Crippen LogP contribution in [-0.2, 0) is 11.3 Å². The molecule has 1 N–H and O–H groups in total. The Morgan fingerprint density at radius 3 is 2.42 bits per heavy atom. The number of rotatable bonds is 5. The number of carbonyl (C=O) groups excluding carboxylic acids is 2. The molecule has 0 saturated carbocycles. The topological polar surface area (TPSA) is 64.0 Å². The van der Waals surface area contributed by atoms with E-state index in [2.05, 4.69) is 10.3 Å². The van der Waals surface area contributed by atoms with Crippen LogP contribution in [0.25, 0.3) is 10.9 Å². The van der Waals surface area contributed by atoms with Crippen LogP contribution >= 0.6 is 34.5 Å². The molecule has 0 aliphatic rings. The first-order valence-electron chi connectivity index (χ1n) is 9.57. The second-order valence-corrected chi connectivity index (χ2v) is 9.34. The van der Waals surface area contributed by atoms with E-state index in [1.54, 1.807) is 12.1 Å². The summed E-state index contributed by atoms with van der Waals surface area (Å²) in [6, 6.07) is 13.1. The zero-order valence-electron chi connectivity index (χ0n) is 17.1. The molecule has 8 heteroatoms. The van der Waals surface area contributed by atoms with Crippen molar-refractivity contribution in [3.8, 4) is 0 Å². The van der Waals surface area contributed by atoms with Gasteiger partial charge in [0.05, 0.1) is 16.8 Å². The molecule has 0 aliphatic heterocycles. The minimum absolute atomic E-state index is 0.192. The minimum Gasteiger partial charge on any atom is -0.327 e. The molecule has 0 saturated heterocycles. The SMILES string of the molecule is Cc1ccc2c(c1)c(C(=O)C(=O)Nc1nc(C)c(C)s1)c(Cl)n2Cc1ccc(Cl)cc1. The van der Waals surface area contributed by atoms with Crippen LogP contribution < -0.4 is 5.32 Å². The largest absolute Gasteiger partial charge is 0.327 e. The summed E-state index contributed by atoms with van der Waals surface area (Å²) in [5.74, 6) is -1.45. The van der Waals surface area contributed by atoms with Gasteiger partial charge in [-0.3, -0.25) is 14.9 Å². The number of halogens is 2. The van der Waals surface area contributed by atoms with E-state index in [1.807, 2.05) is 55.7 Å². The summed E-state index contributed by atoms with van der Waals surface area (Å²) in [6.07, 6.45) is 0. The van der Waals surface area contributed by atoms with Crippen molar-refractivity contribution < 1.29 is 9.59 Å². The molecule has 5 nitrogen and oxygen atoms in total. The molecule has 31 heavy (non-hydrogen) atoms. The number of thiazole rings is 1. The molecule has 0 bridgehead atoms. The molecule has 158 valence electrons. The van der Waals surface area contributed by atoms with Crippen molar-refractivity contribution in [1.29, 1.82) is 0 Å². The van der Waals surface area contributed by atoms with Gasteiger partial charge >= 0.3 is 0 Å². The molecular formula is C23H19Cl2N3O2S. The van der Waals surface area contributed by atoms with Gasteiger partial charge in [-0.25, -0.2) is 4.98 Å². The van der Waals surface area contributed by atoms with Gasteiger partial charge in [-0.05, 0) is 50.6 Å². The third kappa shape index (κ3) is 4.24. The second kappa shape index (κ2) is 8.46. The number of fused-ring (bicyclic) bond motifs is 1. The lowest BCUT2D eigenvalue weighted by atomic mass is 10.1. The maximum absolute atomic E-state index is 13.1. The Balaban J connectivity index is 1.75. The first kappa shape index (κ1) is 21.6. The van der Waals surface area contributed by atoms with Gasteiger partial charge in [0.15, 0.2) is 5.13 Å². The van der Waals surface area contributed by atoms with Crippen LogP contribution in [0.15, 0.2) is 42.5 Å². The van der Waals surface area contributed by atoms with Crippen molar-refractivity contribution in [2.75, 3.05) is 5.32 Å². The van der Waals surface area contributed by atoms with Crippen molar-refractivity contribution in [3.63, 3.8) is 0 Å². The van der Waals surface area contributed by atoms with Crippen molar-refractivity contribution in [2.45, 2.75) is 27.3 Å². The number of carbonyl (C=O) groups is 2. The van der Waals surface area contributed by atoms with E-state index in [-0.39, 0.29) is 10.7 Å². The maximum atomic E-state index is 13.1. The van der Waals surface area contributed by atoms with E-state index in [0.717, 1.165) is 27.2 Å². The molecule has 0 spiro atoms. The molecule has 0 atom stereocenters. The number of ketones is 1. The van der Waals surface area contributed by atoms with E-state index in [0.29, 0.717) is 22.1 Å². The highest BCUT2D eigenvalue weighted by atomic mass is 35.5. The molecule has 2 heterocycles. The minimum atomic E-state index is -0.761. The smallest absolute Gasteiger partial charge is 0.298 e. The zero-order chi connectivity index (χ0) is 22.3. The standard InChI is InChI=1S/C23H19Cl2N3O2S/c1-12-4-9-18-17(10-12)19(20(29)22(30)27-23-26-13(2)14(3)31-23)21(25)28(18)11-15-5-7-16(24)8-6-15/h4-10H,11H2,1-3H3,(H,26,27,30). The Morgan fingerprint density at radius 1 is 1.06 bits per heavy atom. The highest BCUT2D eigenvalue weighted by Crippen LogP contribution is 2.33. The molecule has 4 rings (SSSR count). The normalized spacial score (nSPS) is 11.1. The summed E-state index contributed by atoms with van der Waals surface area (Å²) in [7, 11) is 0. The van der Waals surface area contributed by atoms with Gasteiger partial charge in [0.2, 0.25) is 0 Å². The monoisotopic (exact) mass is 471 g/mol. The first-order valence-corrected chi connectivity index (χ1v) is 11.1. The molecule has 0 aliphatic carbocycles.